The summed E-state index contributed by atoms with van der Waals surface area (Å²) in [5.41, 5.74) is 2.58. The summed E-state index contributed by atoms with van der Waals surface area (Å²) >= 11 is 1.60. The number of nitrogens with zero attached hydrogens (tertiary/aromatic N) is 2. The Hall–Kier alpha value is -2.78. The highest BCUT2D eigenvalue weighted by Crippen LogP contribution is 2.31. The molecule has 6 heteroatoms. The molecule has 1 unspecified atom stereocenters. The number of thioether (sulfide) groups is 1. The lowest BCUT2D eigenvalue weighted by atomic mass is 10.0. The third-order valence-corrected chi connectivity index (χ3v) is 6.57. The van der Waals surface area contributed by atoms with Crippen LogP contribution in [0.15, 0.2) is 48.5 Å². The molecule has 2 fully saturated rings. The van der Waals surface area contributed by atoms with E-state index in [4.69, 9.17) is 10.00 Å². The van der Waals surface area contributed by atoms with Gasteiger partial charge in [0.2, 0.25) is 5.91 Å². The Labute approximate surface area is 174 Å². The van der Waals surface area contributed by atoms with Crippen LogP contribution in [0.3, 0.4) is 0 Å². The summed E-state index contributed by atoms with van der Waals surface area (Å²) in [7, 11) is 0. The number of ether oxygens (including phenoxy) is 1. The topological polar surface area (TPSA) is 70.4 Å². The predicted octanol–water partition coefficient (Wildman–Crippen LogP) is 4.22. The summed E-state index contributed by atoms with van der Waals surface area (Å²) in [6, 6.07) is 16.2. The molecule has 1 saturated heterocycles. The van der Waals surface area contributed by atoms with E-state index in [1.165, 1.54) is 0 Å². The van der Waals surface area contributed by atoms with Crippen LogP contribution >= 0.6 is 11.8 Å². The van der Waals surface area contributed by atoms with Gasteiger partial charge in [-0.3, -0.25) is 4.79 Å². The lowest BCUT2D eigenvalue weighted by Crippen LogP contribution is -2.45. The van der Waals surface area contributed by atoms with Gasteiger partial charge < -0.3 is 9.64 Å². The van der Waals surface area contributed by atoms with Crippen molar-refractivity contribution >= 4 is 23.6 Å². The second-order valence-corrected chi connectivity index (χ2v) is 8.44. The number of carbonyl (C=O) groups excluding carboxylic acids is 2. The highest BCUT2D eigenvalue weighted by atomic mass is 32.2. The normalized spacial score (nSPS) is 19.1. The fourth-order valence-corrected chi connectivity index (χ4v) is 5.05. The number of benzene rings is 2. The molecule has 0 radical (unpaired) electrons. The molecule has 1 amide bonds. The molecular formula is C23H22N2O3S. The van der Waals surface area contributed by atoms with Crippen LogP contribution in [0.5, 0.6) is 5.75 Å². The number of hydrogen-bond donors (Lipinski definition) is 0. The van der Waals surface area contributed by atoms with Crippen molar-refractivity contribution in [2.75, 3.05) is 11.6 Å². The third kappa shape index (κ3) is 4.30. The molecule has 1 atom stereocenters. The summed E-state index contributed by atoms with van der Waals surface area (Å²) in [5.74, 6) is 1.42. The van der Waals surface area contributed by atoms with E-state index >= 15 is 0 Å². The van der Waals surface area contributed by atoms with Gasteiger partial charge in [0.1, 0.15) is 11.8 Å². The average Bonchev–Trinajstić information content (AvgIpc) is 3.46. The molecule has 2 aliphatic rings. The van der Waals surface area contributed by atoms with Crippen molar-refractivity contribution in [1.82, 2.24) is 4.90 Å². The van der Waals surface area contributed by atoms with Crippen molar-refractivity contribution in [3.8, 4) is 22.9 Å². The maximum absolute atomic E-state index is 12.7. The van der Waals surface area contributed by atoms with Gasteiger partial charge in [-0.1, -0.05) is 37.1 Å². The molecular weight excluding hydrogens is 384 g/mol. The molecule has 4 rings (SSSR count). The Morgan fingerprint density at radius 3 is 2.24 bits per heavy atom. The Bertz CT molecular complexity index is 928. The van der Waals surface area contributed by atoms with E-state index in [1.807, 2.05) is 24.3 Å². The fraction of sp³-hybridized carbons (Fsp3) is 0.348. The van der Waals surface area contributed by atoms with Crippen molar-refractivity contribution < 1.29 is 14.3 Å². The van der Waals surface area contributed by atoms with Crippen molar-refractivity contribution in [3.05, 3.63) is 54.1 Å². The zero-order valence-corrected chi connectivity index (χ0v) is 16.9. The number of esters is 1. The molecule has 0 aromatic heterocycles. The summed E-state index contributed by atoms with van der Waals surface area (Å²) < 4.78 is 5.58. The summed E-state index contributed by atoms with van der Waals surface area (Å²) in [4.78, 5) is 27.2. The monoisotopic (exact) mass is 406 g/mol. The molecule has 1 aliphatic carbocycles. The van der Waals surface area contributed by atoms with Gasteiger partial charge in [-0.25, -0.2) is 4.79 Å². The SMILES string of the molecule is N#Cc1ccc(-c2ccc(OC(=O)C3CSCN3C(=O)C3CCCC3)cc2)cc1. The molecule has 148 valence electrons. The second-order valence-electron chi connectivity index (χ2n) is 7.44. The van der Waals surface area contributed by atoms with Gasteiger partial charge >= 0.3 is 5.97 Å². The molecule has 0 spiro atoms. The van der Waals surface area contributed by atoms with E-state index in [0.29, 0.717) is 22.9 Å². The van der Waals surface area contributed by atoms with Crippen molar-refractivity contribution in [2.24, 2.45) is 5.92 Å². The minimum absolute atomic E-state index is 0.0655. The van der Waals surface area contributed by atoms with Gasteiger partial charge in [-0.2, -0.15) is 5.26 Å². The van der Waals surface area contributed by atoms with Crippen LogP contribution in [0.2, 0.25) is 0 Å². The first-order chi connectivity index (χ1) is 14.2. The Morgan fingerprint density at radius 1 is 1.00 bits per heavy atom. The van der Waals surface area contributed by atoms with Gasteiger partial charge in [0.15, 0.2) is 0 Å². The number of carbonyl (C=O) groups is 2. The van der Waals surface area contributed by atoms with E-state index in [9.17, 15) is 9.59 Å². The van der Waals surface area contributed by atoms with Crippen molar-refractivity contribution in [3.63, 3.8) is 0 Å². The summed E-state index contributed by atoms with van der Waals surface area (Å²) in [5, 5.41) is 8.90. The average molecular weight is 407 g/mol. The van der Waals surface area contributed by atoms with Crippen LogP contribution in [0, 0.1) is 17.2 Å². The van der Waals surface area contributed by atoms with Gasteiger partial charge in [0.05, 0.1) is 17.5 Å². The minimum atomic E-state index is -0.508. The molecule has 0 N–H and O–H groups in total. The largest absolute Gasteiger partial charge is 0.425 e. The Balaban J connectivity index is 1.41. The number of rotatable bonds is 4. The Kier molecular flexibility index (Phi) is 5.86. The first-order valence-corrected chi connectivity index (χ1v) is 11.0. The standard InChI is InChI=1S/C23H22N2O3S/c24-13-16-5-7-17(8-6-16)18-9-11-20(12-10-18)28-23(27)21-14-29-15-25(21)22(26)19-3-1-2-4-19/h5-12,19,21H,1-4,14-15H2. The first-order valence-electron chi connectivity index (χ1n) is 9.86. The highest BCUT2D eigenvalue weighted by Gasteiger charge is 2.39. The fourth-order valence-electron chi connectivity index (χ4n) is 3.90. The number of nitriles is 1. The van der Waals surface area contributed by atoms with Crippen LogP contribution in [0.1, 0.15) is 31.2 Å². The maximum atomic E-state index is 12.7. The third-order valence-electron chi connectivity index (χ3n) is 5.56. The minimum Gasteiger partial charge on any atom is -0.425 e. The smallest absolute Gasteiger partial charge is 0.335 e. The Morgan fingerprint density at radius 2 is 1.62 bits per heavy atom. The van der Waals surface area contributed by atoms with Gasteiger partial charge in [-0.05, 0) is 48.2 Å². The van der Waals surface area contributed by atoms with Crippen LogP contribution in [0.25, 0.3) is 11.1 Å². The zero-order valence-electron chi connectivity index (χ0n) is 16.0. The highest BCUT2D eigenvalue weighted by molar-refractivity contribution is 7.99. The number of hydrogen-bond acceptors (Lipinski definition) is 5. The quantitative estimate of drug-likeness (QED) is 0.562. The van der Waals surface area contributed by atoms with E-state index < -0.39 is 6.04 Å². The van der Waals surface area contributed by atoms with Crippen LogP contribution in [-0.2, 0) is 9.59 Å². The molecule has 1 aliphatic heterocycles. The number of amides is 1. The molecule has 5 nitrogen and oxygen atoms in total. The maximum Gasteiger partial charge on any atom is 0.335 e. The van der Waals surface area contributed by atoms with E-state index in [0.717, 1.165) is 36.8 Å². The van der Waals surface area contributed by atoms with Gasteiger partial charge in [0, 0.05) is 11.7 Å². The molecule has 1 heterocycles. The second kappa shape index (κ2) is 8.71. The van der Waals surface area contributed by atoms with Crippen LogP contribution < -0.4 is 4.74 Å². The molecule has 29 heavy (non-hydrogen) atoms. The predicted molar refractivity (Wildman–Crippen MR) is 112 cm³/mol. The lowest BCUT2D eigenvalue weighted by molar-refractivity contribution is -0.147. The molecule has 1 saturated carbocycles. The summed E-state index contributed by atoms with van der Waals surface area (Å²) in [6.45, 7) is 0. The molecule has 2 aromatic rings. The van der Waals surface area contributed by atoms with Crippen LogP contribution in [-0.4, -0.2) is 34.4 Å². The van der Waals surface area contributed by atoms with Crippen molar-refractivity contribution in [1.29, 1.82) is 5.26 Å². The van der Waals surface area contributed by atoms with E-state index in [1.54, 1.807) is 40.9 Å². The van der Waals surface area contributed by atoms with E-state index in [-0.39, 0.29) is 17.8 Å². The molecule has 2 aromatic carbocycles. The van der Waals surface area contributed by atoms with Gasteiger partial charge in [-0.15, -0.1) is 11.8 Å². The van der Waals surface area contributed by atoms with Crippen LogP contribution in [0.4, 0.5) is 0 Å². The van der Waals surface area contributed by atoms with Gasteiger partial charge in [0.25, 0.3) is 0 Å². The van der Waals surface area contributed by atoms with E-state index in [2.05, 4.69) is 6.07 Å². The summed E-state index contributed by atoms with van der Waals surface area (Å²) in [6.07, 6.45) is 4.05. The van der Waals surface area contributed by atoms with Crippen molar-refractivity contribution in [2.45, 2.75) is 31.7 Å². The molecule has 0 bridgehead atoms. The lowest BCUT2D eigenvalue weighted by Gasteiger charge is -2.25. The zero-order chi connectivity index (χ0) is 20.2. The first kappa shape index (κ1) is 19.5.